The van der Waals surface area contributed by atoms with Crippen molar-refractivity contribution in [2.75, 3.05) is 36.8 Å². The zero-order valence-electron chi connectivity index (χ0n) is 15.6. The second kappa shape index (κ2) is 7.72. The highest BCUT2D eigenvalue weighted by molar-refractivity contribution is 5.68. The normalized spacial score (nSPS) is 19.8. The Morgan fingerprint density at radius 1 is 1.23 bits per heavy atom. The lowest BCUT2D eigenvalue weighted by atomic mass is 9.72. The summed E-state index contributed by atoms with van der Waals surface area (Å²) >= 11 is 0. The van der Waals surface area contributed by atoms with E-state index in [1.54, 1.807) is 12.4 Å². The number of rotatable bonds is 1. The van der Waals surface area contributed by atoms with Crippen LogP contribution in [0.25, 0.3) is 0 Å². The first-order valence-electron chi connectivity index (χ1n) is 9.20. The second-order valence-electron chi connectivity index (χ2n) is 8.43. The maximum Gasteiger partial charge on any atom is 0.410 e. The summed E-state index contributed by atoms with van der Waals surface area (Å²) in [6.07, 6.45) is 7.73. The molecular weight excluding hydrogens is 328 g/mol. The zero-order chi connectivity index (χ0) is 18.1. The van der Waals surface area contributed by atoms with Crippen molar-refractivity contribution in [3.63, 3.8) is 0 Å². The molecule has 6 heteroatoms. The molecule has 146 valence electrons. The molecule has 0 saturated carbocycles. The Labute approximate surface area is 157 Å². The predicted molar refractivity (Wildman–Crippen MR) is 106 cm³/mol. The number of piperidine rings is 2. The lowest BCUT2D eigenvalue weighted by Crippen LogP contribution is -2.52. The SMILES string of the molecule is C.CC(C)(C)OC(=O)N1CCCC2(CCN(c3ccncc3N)CC2)C1. The molecule has 0 bridgehead atoms. The zero-order valence-corrected chi connectivity index (χ0v) is 15.6. The molecule has 0 aliphatic carbocycles. The summed E-state index contributed by atoms with van der Waals surface area (Å²) in [5.74, 6) is 0. The van der Waals surface area contributed by atoms with Crippen LogP contribution in [0.2, 0.25) is 0 Å². The lowest BCUT2D eigenvalue weighted by molar-refractivity contribution is -0.000516. The van der Waals surface area contributed by atoms with Crippen LogP contribution in [-0.2, 0) is 4.74 Å². The van der Waals surface area contributed by atoms with E-state index in [2.05, 4.69) is 9.88 Å². The van der Waals surface area contributed by atoms with Crippen LogP contribution >= 0.6 is 0 Å². The van der Waals surface area contributed by atoms with Crippen molar-refractivity contribution in [3.8, 4) is 0 Å². The molecule has 1 aromatic rings. The molecule has 3 rings (SSSR count). The molecule has 0 unspecified atom stereocenters. The van der Waals surface area contributed by atoms with E-state index in [0.717, 1.165) is 56.8 Å². The van der Waals surface area contributed by atoms with E-state index < -0.39 is 5.60 Å². The molecule has 1 spiro atoms. The van der Waals surface area contributed by atoms with Crippen LogP contribution in [0.1, 0.15) is 53.9 Å². The Hall–Kier alpha value is -1.98. The summed E-state index contributed by atoms with van der Waals surface area (Å²) in [7, 11) is 0. The molecule has 2 saturated heterocycles. The number of hydrogen-bond acceptors (Lipinski definition) is 5. The number of anilines is 2. The van der Waals surface area contributed by atoms with Crippen LogP contribution in [0.5, 0.6) is 0 Å². The number of ether oxygens (including phenoxy) is 1. The van der Waals surface area contributed by atoms with E-state index in [1.807, 2.05) is 31.7 Å². The molecule has 2 aliphatic rings. The first kappa shape index (κ1) is 20.3. The van der Waals surface area contributed by atoms with Gasteiger partial charge in [-0.05, 0) is 57.9 Å². The van der Waals surface area contributed by atoms with E-state index >= 15 is 0 Å². The lowest BCUT2D eigenvalue weighted by Gasteiger charge is -2.48. The van der Waals surface area contributed by atoms with Gasteiger partial charge in [-0.1, -0.05) is 7.43 Å². The van der Waals surface area contributed by atoms with Crippen molar-refractivity contribution < 1.29 is 9.53 Å². The van der Waals surface area contributed by atoms with Gasteiger partial charge in [0.2, 0.25) is 0 Å². The van der Waals surface area contributed by atoms with Crippen molar-refractivity contribution in [2.45, 2.75) is 59.5 Å². The van der Waals surface area contributed by atoms with Crippen molar-refractivity contribution in [3.05, 3.63) is 18.5 Å². The maximum absolute atomic E-state index is 12.4. The molecule has 2 fully saturated rings. The van der Waals surface area contributed by atoms with Crippen molar-refractivity contribution >= 4 is 17.5 Å². The number of nitrogen functional groups attached to an aromatic ring is 1. The summed E-state index contributed by atoms with van der Waals surface area (Å²) in [5.41, 5.74) is 7.65. The number of amides is 1. The molecule has 1 amide bonds. The van der Waals surface area contributed by atoms with Crippen LogP contribution in [0.15, 0.2) is 18.5 Å². The topological polar surface area (TPSA) is 71.7 Å². The van der Waals surface area contributed by atoms with Gasteiger partial charge >= 0.3 is 6.09 Å². The molecular formula is C20H34N4O2. The Balaban J connectivity index is 0.00000243. The highest BCUT2D eigenvalue weighted by Crippen LogP contribution is 2.41. The van der Waals surface area contributed by atoms with E-state index in [4.69, 9.17) is 10.5 Å². The summed E-state index contributed by atoms with van der Waals surface area (Å²) in [6, 6.07) is 1.99. The number of carbonyl (C=O) groups excluding carboxylic acids is 1. The summed E-state index contributed by atoms with van der Waals surface area (Å²) in [4.78, 5) is 20.8. The summed E-state index contributed by atoms with van der Waals surface area (Å²) < 4.78 is 5.57. The van der Waals surface area contributed by atoms with Crippen LogP contribution in [-0.4, -0.2) is 47.8 Å². The van der Waals surface area contributed by atoms with Gasteiger partial charge in [0.1, 0.15) is 5.60 Å². The molecule has 1 aromatic heterocycles. The van der Waals surface area contributed by atoms with Gasteiger partial charge in [-0.15, -0.1) is 0 Å². The quantitative estimate of drug-likeness (QED) is 0.820. The van der Waals surface area contributed by atoms with Crippen molar-refractivity contribution in [1.82, 2.24) is 9.88 Å². The van der Waals surface area contributed by atoms with Gasteiger partial charge < -0.3 is 20.3 Å². The number of nitrogens with two attached hydrogens (primary N) is 1. The summed E-state index contributed by atoms with van der Waals surface area (Å²) in [5, 5.41) is 0. The number of carbonyl (C=O) groups is 1. The third-order valence-corrected chi connectivity index (χ3v) is 5.31. The standard InChI is InChI=1S/C19H30N4O2.CH4/c1-18(2,3)25-17(24)23-10-4-6-19(14-23)7-11-22(12-8-19)16-5-9-21-13-15(16)20;/h5,9,13H,4,6-8,10-12,14,20H2,1-3H3;1H4. The average Bonchev–Trinajstić information content (AvgIpc) is 2.55. The average molecular weight is 363 g/mol. The first-order valence-corrected chi connectivity index (χ1v) is 9.20. The Morgan fingerprint density at radius 2 is 1.92 bits per heavy atom. The predicted octanol–water partition coefficient (Wildman–Crippen LogP) is 3.92. The molecule has 0 radical (unpaired) electrons. The number of likely N-dealkylation sites (tertiary alicyclic amines) is 1. The Bertz CT molecular complexity index is 618. The van der Waals surface area contributed by atoms with E-state index in [-0.39, 0.29) is 18.9 Å². The van der Waals surface area contributed by atoms with E-state index in [1.165, 1.54) is 6.42 Å². The highest BCUT2D eigenvalue weighted by Gasteiger charge is 2.40. The third-order valence-electron chi connectivity index (χ3n) is 5.31. The highest BCUT2D eigenvalue weighted by atomic mass is 16.6. The Morgan fingerprint density at radius 3 is 2.54 bits per heavy atom. The van der Waals surface area contributed by atoms with Gasteiger partial charge in [0.25, 0.3) is 0 Å². The summed E-state index contributed by atoms with van der Waals surface area (Å²) in [6.45, 7) is 9.30. The van der Waals surface area contributed by atoms with Gasteiger partial charge in [0, 0.05) is 32.4 Å². The van der Waals surface area contributed by atoms with Gasteiger partial charge in [-0.25, -0.2) is 4.79 Å². The molecule has 26 heavy (non-hydrogen) atoms. The molecule has 2 N–H and O–H groups in total. The molecule has 0 aromatic carbocycles. The van der Waals surface area contributed by atoms with Crippen LogP contribution in [0.4, 0.5) is 16.2 Å². The number of aromatic nitrogens is 1. The van der Waals surface area contributed by atoms with Gasteiger partial charge in [-0.2, -0.15) is 0 Å². The largest absolute Gasteiger partial charge is 0.444 e. The molecule has 0 atom stereocenters. The Kier molecular flexibility index (Phi) is 6.04. The monoisotopic (exact) mass is 362 g/mol. The second-order valence-corrected chi connectivity index (χ2v) is 8.43. The number of pyridine rings is 1. The van der Waals surface area contributed by atoms with Crippen LogP contribution in [0, 0.1) is 5.41 Å². The van der Waals surface area contributed by atoms with E-state index in [0.29, 0.717) is 0 Å². The molecule has 2 aliphatic heterocycles. The van der Waals surface area contributed by atoms with Crippen LogP contribution in [0.3, 0.4) is 0 Å². The van der Waals surface area contributed by atoms with E-state index in [9.17, 15) is 4.79 Å². The number of nitrogens with zero attached hydrogens (tertiary/aromatic N) is 3. The fourth-order valence-electron chi connectivity index (χ4n) is 4.01. The van der Waals surface area contributed by atoms with Gasteiger partial charge in [0.15, 0.2) is 0 Å². The molecule has 6 nitrogen and oxygen atoms in total. The van der Waals surface area contributed by atoms with Crippen molar-refractivity contribution in [1.29, 1.82) is 0 Å². The maximum atomic E-state index is 12.4. The minimum Gasteiger partial charge on any atom is -0.444 e. The fourth-order valence-corrected chi connectivity index (χ4v) is 4.01. The van der Waals surface area contributed by atoms with Crippen molar-refractivity contribution in [2.24, 2.45) is 5.41 Å². The minimum atomic E-state index is -0.441. The van der Waals surface area contributed by atoms with Gasteiger partial charge in [-0.3, -0.25) is 4.98 Å². The third kappa shape index (κ3) is 4.59. The number of hydrogen-bond donors (Lipinski definition) is 1. The molecule has 3 heterocycles. The smallest absolute Gasteiger partial charge is 0.410 e. The minimum absolute atomic E-state index is 0. The first-order chi connectivity index (χ1) is 11.8. The van der Waals surface area contributed by atoms with Crippen LogP contribution < -0.4 is 10.6 Å². The fraction of sp³-hybridized carbons (Fsp3) is 0.700. The van der Waals surface area contributed by atoms with Gasteiger partial charge in [0.05, 0.1) is 17.6 Å².